The number of amides is 1. The fraction of sp³-hybridized carbons (Fsp3) is 0.300. The van der Waals surface area contributed by atoms with Crippen molar-refractivity contribution >= 4 is 16.8 Å². The molecule has 0 spiro atoms. The molecule has 0 saturated heterocycles. The predicted molar refractivity (Wildman–Crippen MR) is 142 cm³/mol. The van der Waals surface area contributed by atoms with Gasteiger partial charge in [-0.1, -0.05) is 74.0 Å². The molecule has 0 bridgehead atoms. The van der Waals surface area contributed by atoms with Gasteiger partial charge >= 0.3 is 0 Å². The number of nitrogens with zero attached hydrogens (tertiary/aromatic N) is 3. The van der Waals surface area contributed by atoms with Crippen LogP contribution in [0.25, 0.3) is 16.6 Å². The maximum absolute atomic E-state index is 13.7. The van der Waals surface area contributed by atoms with Gasteiger partial charge in [-0.3, -0.25) is 14.2 Å². The average molecular weight is 468 g/mol. The topological polar surface area (TPSA) is 55.2 Å². The summed E-state index contributed by atoms with van der Waals surface area (Å²) in [7, 11) is 0. The van der Waals surface area contributed by atoms with Gasteiger partial charge in [0.1, 0.15) is 5.82 Å². The Labute approximate surface area is 207 Å². The highest BCUT2D eigenvalue weighted by Crippen LogP contribution is 2.25. The summed E-state index contributed by atoms with van der Waals surface area (Å²) in [5.41, 5.74) is 3.52. The number of aryl methyl sites for hydroxylation is 2. The van der Waals surface area contributed by atoms with Crippen LogP contribution in [0.15, 0.2) is 83.7 Å². The highest BCUT2D eigenvalue weighted by atomic mass is 16.2. The van der Waals surface area contributed by atoms with Gasteiger partial charge in [-0.25, -0.2) is 4.98 Å². The summed E-state index contributed by atoms with van der Waals surface area (Å²) in [5, 5.41) is 0.565. The van der Waals surface area contributed by atoms with Gasteiger partial charge in [0.25, 0.3) is 5.56 Å². The van der Waals surface area contributed by atoms with Crippen molar-refractivity contribution < 1.29 is 4.79 Å². The van der Waals surface area contributed by atoms with E-state index in [2.05, 4.69) is 13.8 Å². The molecule has 35 heavy (non-hydrogen) atoms. The van der Waals surface area contributed by atoms with Crippen LogP contribution in [0, 0.1) is 12.8 Å². The molecule has 0 saturated carbocycles. The minimum atomic E-state index is -0.376. The van der Waals surface area contributed by atoms with Crippen molar-refractivity contribution in [3.8, 4) is 5.69 Å². The molecule has 4 rings (SSSR count). The van der Waals surface area contributed by atoms with Crippen molar-refractivity contribution in [2.45, 2.75) is 46.6 Å². The minimum absolute atomic E-state index is 0.0629. The van der Waals surface area contributed by atoms with E-state index in [9.17, 15) is 9.59 Å². The molecule has 3 aromatic carbocycles. The lowest BCUT2D eigenvalue weighted by Gasteiger charge is -2.32. The summed E-state index contributed by atoms with van der Waals surface area (Å²) >= 11 is 0. The standard InChI is InChI=1S/C30H33N3O2/c1-21(2)20-32(28(34)19-16-24-10-6-5-7-11-24)23(4)29-31-27-13-9-8-12-26(27)30(35)33(29)25-17-14-22(3)15-18-25/h5-15,17-18,21,23H,16,19-20H2,1-4H3. The number of hydrogen-bond acceptors (Lipinski definition) is 3. The van der Waals surface area contributed by atoms with Crippen molar-refractivity contribution in [3.63, 3.8) is 0 Å². The second-order valence-electron chi connectivity index (χ2n) is 9.56. The predicted octanol–water partition coefficient (Wildman–Crippen LogP) is 5.87. The van der Waals surface area contributed by atoms with Crippen LogP contribution in [0.4, 0.5) is 0 Å². The van der Waals surface area contributed by atoms with Gasteiger partial charge in [-0.2, -0.15) is 0 Å². The first-order chi connectivity index (χ1) is 16.8. The number of benzene rings is 3. The van der Waals surface area contributed by atoms with Gasteiger partial charge < -0.3 is 4.90 Å². The highest BCUT2D eigenvalue weighted by Gasteiger charge is 2.27. The summed E-state index contributed by atoms with van der Waals surface area (Å²) < 4.78 is 1.67. The van der Waals surface area contributed by atoms with E-state index in [0.29, 0.717) is 36.1 Å². The molecule has 4 aromatic rings. The normalized spacial score (nSPS) is 12.1. The van der Waals surface area contributed by atoms with Crippen molar-refractivity contribution in [2.24, 2.45) is 5.92 Å². The SMILES string of the molecule is Cc1ccc(-n2c(C(C)N(CC(C)C)C(=O)CCc3ccccc3)nc3ccccc3c2=O)cc1. The van der Waals surface area contributed by atoms with E-state index in [-0.39, 0.29) is 23.4 Å². The van der Waals surface area contributed by atoms with Crippen molar-refractivity contribution in [2.75, 3.05) is 6.54 Å². The van der Waals surface area contributed by atoms with Crippen LogP contribution in [0.1, 0.15) is 50.2 Å². The van der Waals surface area contributed by atoms with Crippen molar-refractivity contribution in [1.82, 2.24) is 14.5 Å². The van der Waals surface area contributed by atoms with E-state index < -0.39 is 0 Å². The number of hydrogen-bond donors (Lipinski definition) is 0. The zero-order valence-corrected chi connectivity index (χ0v) is 20.9. The lowest BCUT2D eigenvalue weighted by molar-refractivity contribution is -0.134. The Morgan fingerprint density at radius 1 is 0.914 bits per heavy atom. The molecule has 1 aromatic heterocycles. The van der Waals surface area contributed by atoms with E-state index in [1.807, 2.05) is 91.5 Å². The van der Waals surface area contributed by atoms with Crippen LogP contribution in [-0.4, -0.2) is 26.9 Å². The molecule has 0 N–H and O–H groups in total. The van der Waals surface area contributed by atoms with E-state index in [4.69, 9.17) is 4.98 Å². The Morgan fingerprint density at radius 2 is 1.57 bits per heavy atom. The number of aromatic nitrogens is 2. The summed E-state index contributed by atoms with van der Waals surface area (Å²) in [5.74, 6) is 0.914. The number of carbonyl (C=O) groups excluding carboxylic acids is 1. The smallest absolute Gasteiger partial charge is 0.266 e. The largest absolute Gasteiger partial charge is 0.333 e. The van der Waals surface area contributed by atoms with Crippen LogP contribution in [-0.2, 0) is 11.2 Å². The lowest BCUT2D eigenvalue weighted by Crippen LogP contribution is -2.39. The lowest BCUT2D eigenvalue weighted by atomic mass is 10.1. The second kappa shape index (κ2) is 10.7. The molecule has 180 valence electrons. The zero-order valence-electron chi connectivity index (χ0n) is 20.9. The molecular weight excluding hydrogens is 434 g/mol. The van der Waals surface area contributed by atoms with Crippen LogP contribution in [0.5, 0.6) is 0 Å². The quantitative estimate of drug-likeness (QED) is 0.326. The van der Waals surface area contributed by atoms with E-state index >= 15 is 0 Å². The molecular formula is C30H33N3O2. The van der Waals surface area contributed by atoms with Crippen LogP contribution >= 0.6 is 0 Å². The molecule has 1 unspecified atom stereocenters. The van der Waals surface area contributed by atoms with Gasteiger partial charge in [-0.05, 0) is 56.0 Å². The fourth-order valence-corrected chi connectivity index (χ4v) is 4.42. The summed E-state index contributed by atoms with van der Waals surface area (Å²) in [4.78, 5) is 34.0. The monoisotopic (exact) mass is 467 g/mol. The van der Waals surface area contributed by atoms with Gasteiger partial charge in [0.05, 0.1) is 22.6 Å². The Hall–Kier alpha value is -3.73. The minimum Gasteiger partial charge on any atom is -0.333 e. The molecule has 1 amide bonds. The summed E-state index contributed by atoms with van der Waals surface area (Å²) in [6, 6.07) is 24.9. The summed E-state index contributed by atoms with van der Waals surface area (Å²) in [6.45, 7) is 8.79. The first-order valence-electron chi connectivity index (χ1n) is 12.3. The molecule has 0 aliphatic heterocycles. The molecule has 0 fully saturated rings. The third-order valence-electron chi connectivity index (χ3n) is 6.29. The second-order valence-corrected chi connectivity index (χ2v) is 9.56. The van der Waals surface area contributed by atoms with Crippen molar-refractivity contribution in [1.29, 1.82) is 0 Å². The Kier molecular flexibility index (Phi) is 7.45. The molecule has 5 heteroatoms. The maximum atomic E-state index is 13.7. The molecule has 0 aliphatic carbocycles. The number of para-hydroxylation sites is 1. The van der Waals surface area contributed by atoms with E-state index in [1.54, 1.807) is 10.6 Å². The molecule has 0 aliphatic rings. The maximum Gasteiger partial charge on any atom is 0.266 e. The molecule has 5 nitrogen and oxygen atoms in total. The Bertz CT molecular complexity index is 1360. The average Bonchev–Trinajstić information content (AvgIpc) is 2.86. The highest BCUT2D eigenvalue weighted by molar-refractivity contribution is 5.79. The third-order valence-corrected chi connectivity index (χ3v) is 6.29. The van der Waals surface area contributed by atoms with Crippen molar-refractivity contribution in [3.05, 3.63) is 106 Å². The Balaban J connectivity index is 1.78. The molecule has 1 atom stereocenters. The summed E-state index contributed by atoms with van der Waals surface area (Å²) in [6.07, 6.45) is 1.08. The number of carbonyl (C=O) groups is 1. The van der Waals surface area contributed by atoms with E-state index in [0.717, 1.165) is 16.8 Å². The van der Waals surface area contributed by atoms with Gasteiger partial charge in [0.15, 0.2) is 0 Å². The van der Waals surface area contributed by atoms with E-state index in [1.165, 1.54) is 0 Å². The fourth-order valence-electron chi connectivity index (χ4n) is 4.42. The van der Waals surface area contributed by atoms with Gasteiger partial charge in [0.2, 0.25) is 5.91 Å². The third kappa shape index (κ3) is 5.51. The van der Waals surface area contributed by atoms with Crippen LogP contribution < -0.4 is 5.56 Å². The molecule has 1 heterocycles. The van der Waals surface area contributed by atoms with Gasteiger partial charge in [0, 0.05) is 13.0 Å². The number of rotatable bonds is 8. The first-order valence-corrected chi connectivity index (χ1v) is 12.3. The van der Waals surface area contributed by atoms with Crippen LogP contribution in [0.3, 0.4) is 0 Å². The Morgan fingerprint density at radius 3 is 2.26 bits per heavy atom. The zero-order chi connectivity index (χ0) is 24.9. The first kappa shape index (κ1) is 24.4. The van der Waals surface area contributed by atoms with Gasteiger partial charge in [-0.15, -0.1) is 0 Å². The molecule has 0 radical (unpaired) electrons. The van der Waals surface area contributed by atoms with Crippen LogP contribution in [0.2, 0.25) is 0 Å². The number of fused-ring (bicyclic) bond motifs is 1.